The number of methoxy groups -OCH3 is 1. The van der Waals surface area contributed by atoms with Crippen LogP contribution in [-0.4, -0.2) is 108 Å². The first-order valence-electron chi connectivity index (χ1n) is 14.0. The van der Waals surface area contributed by atoms with Crippen LogP contribution < -0.4 is 9.64 Å². The standard InChI is InChI=1S/C30H35ClFN5O4/c1-5-23(38)34-10-11-36-19(13-34)17-41-27-24(29(36)39)28(33-26(25(27)31)21-8-6-7-9-22(21)32)37-14-18(12-30(37,2)3)35-15-20(16-35)40-4/h5-9,18-20H,1,10-17H2,2-4H3. The summed E-state index contributed by atoms with van der Waals surface area (Å²) in [7, 11) is 1.73. The monoisotopic (exact) mass is 583 g/mol. The molecule has 1 aromatic carbocycles. The number of benzene rings is 1. The second-order valence-corrected chi connectivity index (χ2v) is 12.2. The number of hydrogen-bond acceptors (Lipinski definition) is 7. The van der Waals surface area contributed by atoms with Crippen molar-refractivity contribution in [2.75, 3.05) is 57.9 Å². The van der Waals surface area contributed by atoms with Crippen molar-refractivity contribution in [2.45, 2.75) is 44.0 Å². The van der Waals surface area contributed by atoms with Crippen LogP contribution >= 0.6 is 11.6 Å². The number of carbonyl (C=O) groups excluding carboxylic acids is 2. The number of likely N-dealkylation sites (tertiary alicyclic amines) is 1. The summed E-state index contributed by atoms with van der Waals surface area (Å²) < 4.78 is 26.9. The lowest BCUT2D eigenvalue weighted by atomic mass is 9.97. The molecule has 5 heterocycles. The number of nitrogens with zero attached hydrogens (tertiary/aromatic N) is 5. The van der Waals surface area contributed by atoms with E-state index in [1.165, 1.54) is 12.1 Å². The first-order chi connectivity index (χ1) is 19.6. The van der Waals surface area contributed by atoms with E-state index in [0.29, 0.717) is 32.0 Å². The Morgan fingerprint density at radius 2 is 1.95 bits per heavy atom. The summed E-state index contributed by atoms with van der Waals surface area (Å²) in [4.78, 5) is 39.6. The summed E-state index contributed by atoms with van der Waals surface area (Å²) in [6, 6.07) is 6.19. The molecule has 4 aliphatic rings. The molecule has 0 aliphatic carbocycles. The van der Waals surface area contributed by atoms with E-state index >= 15 is 4.39 Å². The summed E-state index contributed by atoms with van der Waals surface area (Å²) in [5.74, 6) is -0.255. The highest BCUT2D eigenvalue weighted by Gasteiger charge is 2.48. The largest absolute Gasteiger partial charge is 0.489 e. The van der Waals surface area contributed by atoms with Crippen LogP contribution in [0.5, 0.6) is 5.75 Å². The molecule has 2 unspecified atom stereocenters. The van der Waals surface area contributed by atoms with E-state index in [4.69, 9.17) is 26.1 Å². The van der Waals surface area contributed by atoms with E-state index in [2.05, 4.69) is 30.2 Å². The Bertz CT molecular complexity index is 1400. The SMILES string of the molecule is C=CC(=O)N1CCN2C(=O)c3c(N4CC(N5CC(OC)C5)CC4(C)C)nc(-c4ccccc4F)c(Cl)c3OCC2C1. The number of rotatable bonds is 5. The number of amides is 2. The number of fused-ring (bicyclic) bond motifs is 2. The van der Waals surface area contributed by atoms with Gasteiger partial charge in [0.15, 0.2) is 5.75 Å². The van der Waals surface area contributed by atoms with Gasteiger partial charge in [0.1, 0.15) is 28.8 Å². The molecular weight excluding hydrogens is 549 g/mol. The maximum Gasteiger partial charge on any atom is 0.261 e. The number of piperazine rings is 1. The Hall–Kier alpha value is -3.21. The number of aromatic nitrogens is 1. The quantitative estimate of drug-likeness (QED) is 0.499. The van der Waals surface area contributed by atoms with Crippen molar-refractivity contribution in [3.8, 4) is 17.0 Å². The van der Waals surface area contributed by atoms with Gasteiger partial charge in [0, 0.05) is 63.5 Å². The third-order valence-electron chi connectivity index (χ3n) is 8.91. The highest BCUT2D eigenvalue weighted by Crippen LogP contribution is 2.47. The number of hydrogen-bond donors (Lipinski definition) is 0. The molecule has 2 aromatic rings. The third kappa shape index (κ3) is 4.75. The highest BCUT2D eigenvalue weighted by molar-refractivity contribution is 6.35. The van der Waals surface area contributed by atoms with Crippen LogP contribution in [0.3, 0.4) is 0 Å². The maximum atomic E-state index is 15.1. The van der Waals surface area contributed by atoms with Gasteiger partial charge in [-0.05, 0) is 38.5 Å². The molecule has 0 N–H and O–H groups in total. The van der Waals surface area contributed by atoms with Crippen LogP contribution in [-0.2, 0) is 9.53 Å². The van der Waals surface area contributed by atoms with Gasteiger partial charge in [-0.1, -0.05) is 30.3 Å². The third-order valence-corrected chi connectivity index (χ3v) is 9.26. The number of carbonyl (C=O) groups is 2. The maximum absolute atomic E-state index is 15.1. The van der Waals surface area contributed by atoms with Crippen LogP contribution in [0, 0.1) is 5.82 Å². The first kappa shape index (κ1) is 27.9. The average Bonchev–Trinajstić information content (AvgIpc) is 3.16. The average molecular weight is 584 g/mol. The van der Waals surface area contributed by atoms with Gasteiger partial charge in [-0.25, -0.2) is 9.37 Å². The van der Waals surface area contributed by atoms with Gasteiger partial charge in [-0.3, -0.25) is 14.5 Å². The van der Waals surface area contributed by atoms with Crippen molar-refractivity contribution < 1.29 is 23.5 Å². The number of anilines is 1. The van der Waals surface area contributed by atoms with Gasteiger partial charge in [0.05, 0.1) is 17.8 Å². The molecule has 2 atom stereocenters. The fourth-order valence-corrected chi connectivity index (χ4v) is 6.84. The molecule has 3 fully saturated rings. The minimum atomic E-state index is -0.464. The molecule has 9 nitrogen and oxygen atoms in total. The Balaban J connectivity index is 1.45. The molecule has 218 valence electrons. The molecule has 0 saturated carbocycles. The normalized spacial score (nSPS) is 24.3. The molecule has 41 heavy (non-hydrogen) atoms. The zero-order chi connectivity index (χ0) is 29.1. The predicted octanol–water partition coefficient (Wildman–Crippen LogP) is 3.46. The molecule has 4 aliphatic heterocycles. The van der Waals surface area contributed by atoms with Crippen molar-refractivity contribution in [2.24, 2.45) is 0 Å². The van der Waals surface area contributed by atoms with Gasteiger partial charge >= 0.3 is 0 Å². The Morgan fingerprint density at radius 3 is 2.66 bits per heavy atom. The van der Waals surface area contributed by atoms with Gasteiger partial charge in [0.25, 0.3) is 5.91 Å². The van der Waals surface area contributed by atoms with Crippen LogP contribution in [0.2, 0.25) is 5.02 Å². The molecule has 6 rings (SSSR count). The highest BCUT2D eigenvalue weighted by atomic mass is 35.5. The predicted molar refractivity (Wildman–Crippen MR) is 154 cm³/mol. The van der Waals surface area contributed by atoms with Crippen molar-refractivity contribution in [1.82, 2.24) is 19.7 Å². The Kier molecular flexibility index (Phi) is 7.20. The van der Waals surface area contributed by atoms with E-state index in [9.17, 15) is 9.59 Å². The van der Waals surface area contributed by atoms with Gasteiger partial charge in [0.2, 0.25) is 5.91 Å². The van der Waals surface area contributed by atoms with Gasteiger partial charge in [-0.15, -0.1) is 0 Å². The molecule has 0 radical (unpaired) electrons. The summed E-state index contributed by atoms with van der Waals surface area (Å²) in [5, 5.41) is 0.0975. The van der Waals surface area contributed by atoms with E-state index in [0.717, 1.165) is 19.5 Å². The van der Waals surface area contributed by atoms with Crippen LogP contribution in [0.1, 0.15) is 30.6 Å². The fraction of sp³-hybridized carbons (Fsp3) is 0.500. The minimum Gasteiger partial charge on any atom is -0.489 e. The lowest BCUT2D eigenvalue weighted by molar-refractivity contribution is -0.128. The molecule has 0 spiro atoms. The van der Waals surface area contributed by atoms with E-state index in [1.54, 1.807) is 35.1 Å². The lowest BCUT2D eigenvalue weighted by Crippen LogP contribution is -2.57. The van der Waals surface area contributed by atoms with Crippen molar-refractivity contribution >= 4 is 29.2 Å². The summed E-state index contributed by atoms with van der Waals surface area (Å²) in [5.41, 5.74) is 0.400. The van der Waals surface area contributed by atoms with Crippen molar-refractivity contribution in [3.05, 3.63) is 53.3 Å². The number of pyridine rings is 1. The lowest BCUT2D eigenvalue weighted by Gasteiger charge is -2.42. The number of ether oxygens (including phenoxy) is 2. The second kappa shape index (κ2) is 10.6. The molecule has 3 saturated heterocycles. The topological polar surface area (TPSA) is 78.5 Å². The molecule has 2 amide bonds. The molecule has 0 bridgehead atoms. The van der Waals surface area contributed by atoms with Crippen molar-refractivity contribution in [1.29, 1.82) is 0 Å². The Morgan fingerprint density at radius 1 is 1.20 bits per heavy atom. The molecule has 1 aromatic heterocycles. The molecule has 11 heteroatoms. The smallest absolute Gasteiger partial charge is 0.261 e. The van der Waals surface area contributed by atoms with E-state index in [-0.39, 0.29) is 69.7 Å². The fourth-order valence-electron chi connectivity index (χ4n) is 6.55. The van der Waals surface area contributed by atoms with Crippen molar-refractivity contribution in [3.63, 3.8) is 0 Å². The first-order valence-corrected chi connectivity index (χ1v) is 14.4. The Labute approximate surface area is 244 Å². The minimum absolute atomic E-state index is 0.0975. The molecular formula is C30H35ClFN5O4. The zero-order valence-electron chi connectivity index (χ0n) is 23.6. The summed E-state index contributed by atoms with van der Waals surface area (Å²) in [6.07, 6.45) is 2.36. The van der Waals surface area contributed by atoms with Crippen LogP contribution in [0.15, 0.2) is 36.9 Å². The summed E-state index contributed by atoms with van der Waals surface area (Å²) in [6.45, 7) is 11.4. The number of halogens is 2. The van der Waals surface area contributed by atoms with E-state index < -0.39 is 5.82 Å². The van der Waals surface area contributed by atoms with E-state index in [1.807, 2.05) is 0 Å². The van der Waals surface area contributed by atoms with Crippen LogP contribution in [0.4, 0.5) is 10.2 Å². The second-order valence-electron chi connectivity index (χ2n) is 11.8. The zero-order valence-corrected chi connectivity index (χ0v) is 24.4. The van der Waals surface area contributed by atoms with Gasteiger partial charge < -0.3 is 24.2 Å². The van der Waals surface area contributed by atoms with Crippen LogP contribution in [0.25, 0.3) is 11.3 Å². The van der Waals surface area contributed by atoms with Gasteiger partial charge in [-0.2, -0.15) is 0 Å². The summed E-state index contributed by atoms with van der Waals surface area (Å²) >= 11 is 6.92.